The van der Waals surface area contributed by atoms with E-state index in [1.807, 2.05) is 37.3 Å². The smallest absolute Gasteiger partial charge is 0.256 e. The number of hydrogen-bond donors (Lipinski definition) is 2. The monoisotopic (exact) mass is 457 g/mol. The van der Waals surface area contributed by atoms with Crippen molar-refractivity contribution in [3.05, 3.63) is 54.1 Å². The summed E-state index contributed by atoms with van der Waals surface area (Å²) in [4.78, 5) is 29.4. The third-order valence-corrected chi connectivity index (χ3v) is 6.34. The highest BCUT2D eigenvalue weighted by Gasteiger charge is 2.18. The Hall–Kier alpha value is -3.04. The van der Waals surface area contributed by atoms with Crippen LogP contribution in [0.25, 0.3) is 11.3 Å². The van der Waals surface area contributed by atoms with Crippen LogP contribution in [0.5, 0.6) is 11.5 Å². The lowest BCUT2D eigenvalue weighted by Crippen LogP contribution is -2.24. The molecule has 7 nitrogen and oxygen atoms in total. The molecule has 9 heteroatoms. The number of rotatable bonds is 9. The number of carbonyl (C=O) groups is 2. The number of amides is 2. The molecule has 0 radical (unpaired) electrons. The van der Waals surface area contributed by atoms with Crippen molar-refractivity contribution in [2.24, 2.45) is 0 Å². The molecule has 0 fully saturated rings. The Labute approximate surface area is 189 Å². The van der Waals surface area contributed by atoms with Crippen LogP contribution in [0.1, 0.15) is 17.3 Å². The molecule has 1 heterocycles. The SMILES string of the molecule is CCNC(=O)CSc1nc(-c2ccccc2)c(NC(=O)c2ccc(OC)c(OC)c2)s1. The van der Waals surface area contributed by atoms with Crippen LogP contribution in [0.15, 0.2) is 52.9 Å². The lowest BCUT2D eigenvalue weighted by atomic mass is 10.1. The first-order valence-corrected chi connectivity index (χ1v) is 11.3. The minimum absolute atomic E-state index is 0.0557. The average Bonchev–Trinajstić information content (AvgIpc) is 3.20. The summed E-state index contributed by atoms with van der Waals surface area (Å²) in [6.07, 6.45) is 0. The number of aromatic nitrogens is 1. The summed E-state index contributed by atoms with van der Waals surface area (Å²) in [6.45, 7) is 2.46. The van der Waals surface area contributed by atoms with E-state index in [1.165, 1.54) is 30.2 Å². The van der Waals surface area contributed by atoms with Crippen molar-refractivity contribution in [2.45, 2.75) is 11.3 Å². The van der Waals surface area contributed by atoms with Gasteiger partial charge >= 0.3 is 0 Å². The molecule has 0 aliphatic carbocycles. The normalized spacial score (nSPS) is 10.4. The Morgan fingerprint density at radius 2 is 1.81 bits per heavy atom. The summed E-state index contributed by atoms with van der Waals surface area (Å²) in [5.74, 6) is 0.937. The summed E-state index contributed by atoms with van der Waals surface area (Å²) >= 11 is 2.68. The van der Waals surface area contributed by atoms with Crippen molar-refractivity contribution in [1.82, 2.24) is 10.3 Å². The van der Waals surface area contributed by atoms with Crippen LogP contribution in [0.3, 0.4) is 0 Å². The number of carbonyl (C=O) groups excluding carboxylic acids is 2. The number of thiazole rings is 1. The number of nitrogens with zero attached hydrogens (tertiary/aromatic N) is 1. The fourth-order valence-electron chi connectivity index (χ4n) is 2.77. The van der Waals surface area contributed by atoms with Crippen molar-refractivity contribution in [2.75, 3.05) is 31.8 Å². The molecule has 3 aromatic rings. The van der Waals surface area contributed by atoms with E-state index in [0.29, 0.717) is 38.6 Å². The molecular weight excluding hydrogens is 434 g/mol. The summed E-state index contributed by atoms with van der Waals surface area (Å²) in [7, 11) is 3.06. The maximum Gasteiger partial charge on any atom is 0.256 e. The highest BCUT2D eigenvalue weighted by molar-refractivity contribution is 8.01. The minimum Gasteiger partial charge on any atom is -0.493 e. The molecule has 0 spiro atoms. The standard InChI is InChI=1S/C22H23N3O4S2/c1-4-23-18(26)13-30-22-24-19(14-8-6-5-7-9-14)21(31-22)25-20(27)15-10-11-16(28-2)17(12-15)29-3/h5-12H,4,13H2,1-3H3,(H,23,26)(H,25,27). The third kappa shape index (κ3) is 5.77. The molecule has 0 saturated heterocycles. The molecule has 2 amide bonds. The van der Waals surface area contributed by atoms with Crippen molar-refractivity contribution in [1.29, 1.82) is 0 Å². The summed E-state index contributed by atoms with van der Waals surface area (Å²) < 4.78 is 11.2. The third-order valence-electron chi connectivity index (χ3n) is 4.23. The van der Waals surface area contributed by atoms with Gasteiger partial charge < -0.3 is 20.1 Å². The van der Waals surface area contributed by atoms with Gasteiger partial charge in [0.15, 0.2) is 15.8 Å². The molecule has 0 unspecified atom stereocenters. The van der Waals surface area contributed by atoms with Crippen LogP contribution >= 0.6 is 23.1 Å². The molecule has 162 valence electrons. The molecule has 0 aliphatic rings. The second kappa shape index (κ2) is 10.8. The largest absolute Gasteiger partial charge is 0.493 e. The molecule has 2 N–H and O–H groups in total. The van der Waals surface area contributed by atoms with E-state index in [2.05, 4.69) is 15.6 Å². The second-order valence-corrected chi connectivity index (χ2v) is 8.51. The lowest BCUT2D eigenvalue weighted by Gasteiger charge is -2.10. The van der Waals surface area contributed by atoms with Gasteiger partial charge in [0.2, 0.25) is 5.91 Å². The summed E-state index contributed by atoms with van der Waals surface area (Å²) in [5, 5.41) is 6.34. The molecule has 0 bridgehead atoms. The van der Waals surface area contributed by atoms with Gasteiger partial charge in [-0.1, -0.05) is 53.4 Å². The second-order valence-electron chi connectivity index (χ2n) is 6.29. The van der Waals surface area contributed by atoms with Crippen LogP contribution in [0.2, 0.25) is 0 Å². The fraction of sp³-hybridized carbons (Fsp3) is 0.227. The number of thioether (sulfide) groups is 1. The van der Waals surface area contributed by atoms with Gasteiger partial charge in [0, 0.05) is 17.7 Å². The topological polar surface area (TPSA) is 89.6 Å². The predicted molar refractivity (Wildman–Crippen MR) is 124 cm³/mol. The zero-order valence-electron chi connectivity index (χ0n) is 17.4. The average molecular weight is 458 g/mol. The van der Waals surface area contributed by atoms with Crippen molar-refractivity contribution >= 4 is 39.9 Å². The highest BCUT2D eigenvalue weighted by atomic mass is 32.2. The van der Waals surface area contributed by atoms with Crippen molar-refractivity contribution in [3.63, 3.8) is 0 Å². The molecule has 0 atom stereocenters. The Balaban J connectivity index is 1.86. The number of nitrogens with one attached hydrogen (secondary N) is 2. The number of methoxy groups -OCH3 is 2. The van der Waals surface area contributed by atoms with E-state index < -0.39 is 0 Å². The van der Waals surface area contributed by atoms with Crippen LogP contribution in [0, 0.1) is 0 Å². The molecule has 0 saturated carbocycles. The zero-order chi connectivity index (χ0) is 22.2. The Morgan fingerprint density at radius 3 is 2.48 bits per heavy atom. The number of anilines is 1. The van der Waals surface area contributed by atoms with E-state index in [9.17, 15) is 9.59 Å². The van der Waals surface area contributed by atoms with E-state index in [4.69, 9.17) is 9.47 Å². The van der Waals surface area contributed by atoms with Gasteiger partial charge in [-0.2, -0.15) is 0 Å². The van der Waals surface area contributed by atoms with E-state index in [1.54, 1.807) is 25.3 Å². The maximum atomic E-state index is 12.9. The fourth-order valence-corrected chi connectivity index (χ4v) is 4.66. The Bertz CT molecular complexity index is 1050. The van der Waals surface area contributed by atoms with E-state index >= 15 is 0 Å². The van der Waals surface area contributed by atoms with Gasteiger partial charge in [0.1, 0.15) is 10.7 Å². The Morgan fingerprint density at radius 1 is 1.06 bits per heavy atom. The van der Waals surface area contributed by atoms with Crippen LogP contribution < -0.4 is 20.1 Å². The van der Waals surface area contributed by atoms with Gasteiger partial charge in [-0.3, -0.25) is 9.59 Å². The predicted octanol–water partition coefficient (Wildman–Crippen LogP) is 4.31. The first-order chi connectivity index (χ1) is 15.0. The summed E-state index contributed by atoms with van der Waals surface area (Å²) in [5.41, 5.74) is 1.98. The molecule has 31 heavy (non-hydrogen) atoms. The van der Waals surface area contributed by atoms with Crippen molar-refractivity contribution < 1.29 is 19.1 Å². The quantitative estimate of drug-likeness (QED) is 0.466. The first kappa shape index (κ1) is 22.6. The minimum atomic E-state index is -0.290. The van der Waals surface area contributed by atoms with Crippen molar-refractivity contribution in [3.8, 4) is 22.8 Å². The molecule has 2 aromatic carbocycles. The maximum absolute atomic E-state index is 12.9. The highest BCUT2D eigenvalue weighted by Crippen LogP contribution is 2.38. The first-order valence-electron chi connectivity index (χ1n) is 9.54. The zero-order valence-corrected chi connectivity index (χ0v) is 19.1. The van der Waals surface area contributed by atoms with E-state index in [-0.39, 0.29) is 17.6 Å². The number of benzene rings is 2. The molecular formula is C22H23N3O4S2. The van der Waals surface area contributed by atoms with Gasteiger partial charge in [-0.05, 0) is 25.1 Å². The van der Waals surface area contributed by atoms with Gasteiger partial charge in [0.05, 0.1) is 20.0 Å². The van der Waals surface area contributed by atoms with Gasteiger partial charge in [0.25, 0.3) is 5.91 Å². The summed E-state index contributed by atoms with van der Waals surface area (Å²) in [6, 6.07) is 14.6. The van der Waals surface area contributed by atoms with Gasteiger partial charge in [-0.25, -0.2) is 4.98 Å². The van der Waals surface area contributed by atoms with Gasteiger partial charge in [-0.15, -0.1) is 0 Å². The molecule has 1 aromatic heterocycles. The lowest BCUT2D eigenvalue weighted by molar-refractivity contribution is -0.118. The van der Waals surface area contributed by atoms with Crippen LogP contribution in [-0.4, -0.2) is 43.3 Å². The number of hydrogen-bond acceptors (Lipinski definition) is 7. The molecule has 3 rings (SSSR count). The molecule has 0 aliphatic heterocycles. The van der Waals surface area contributed by atoms with E-state index in [0.717, 1.165) is 5.56 Å². The Kier molecular flexibility index (Phi) is 7.91. The van der Waals surface area contributed by atoms with Crippen LogP contribution in [-0.2, 0) is 4.79 Å². The number of ether oxygens (including phenoxy) is 2. The van der Waals surface area contributed by atoms with Crippen LogP contribution in [0.4, 0.5) is 5.00 Å².